The van der Waals surface area contributed by atoms with Gasteiger partial charge in [-0.3, -0.25) is 0 Å². The van der Waals surface area contributed by atoms with Crippen LogP contribution < -0.4 is 0 Å². The van der Waals surface area contributed by atoms with Gasteiger partial charge in [0.1, 0.15) is 0 Å². The van der Waals surface area contributed by atoms with Crippen molar-refractivity contribution in [2.45, 2.75) is 38.6 Å². The summed E-state index contributed by atoms with van der Waals surface area (Å²) < 4.78 is 79.2. The SMILES string of the molecule is CCc1ccc2cc(C(C)C)[s+](C(F)(F)F)c2c1.F[B-](F)(F)F. The molecule has 0 N–H and O–H groups in total. The van der Waals surface area contributed by atoms with Gasteiger partial charge in [0.05, 0.1) is 10.5 Å². The van der Waals surface area contributed by atoms with E-state index in [4.69, 9.17) is 0 Å². The third-order valence-electron chi connectivity index (χ3n) is 3.04. The van der Waals surface area contributed by atoms with E-state index in [2.05, 4.69) is 0 Å². The van der Waals surface area contributed by atoms with Crippen molar-refractivity contribution in [2.24, 2.45) is 0 Å². The highest BCUT2D eigenvalue weighted by atomic mass is 32.2. The first-order valence-corrected chi connectivity index (χ1v) is 8.10. The predicted octanol–water partition coefficient (Wildman–Crippen LogP) is 7.05. The highest BCUT2D eigenvalue weighted by molar-refractivity contribution is 7.38. The molecule has 0 amide bonds. The second kappa shape index (κ2) is 7.11. The molecule has 0 saturated carbocycles. The fourth-order valence-electron chi connectivity index (χ4n) is 2.09. The van der Waals surface area contributed by atoms with E-state index in [1.165, 1.54) is 0 Å². The van der Waals surface area contributed by atoms with Crippen LogP contribution in [-0.2, 0) is 11.9 Å². The van der Waals surface area contributed by atoms with Gasteiger partial charge in [-0.05, 0) is 18.1 Å². The van der Waals surface area contributed by atoms with Gasteiger partial charge in [-0.1, -0.05) is 26.8 Å². The van der Waals surface area contributed by atoms with Crippen molar-refractivity contribution >= 4 is 27.8 Å². The Morgan fingerprint density at radius 1 is 1.04 bits per heavy atom. The summed E-state index contributed by atoms with van der Waals surface area (Å²) >= 11 is 0. The molecule has 23 heavy (non-hydrogen) atoms. The summed E-state index contributed by atoms with van der Waals surface area (Å²) in [4.78, 5) is 0.505. The molecule has 0 radical (unpaired) electrons. The lowest BCUT2D eigenvalue weighted by Gasteiger charge is -2.02. The number of alkyl halides is 3. The molecule has 0 aliphatic heterocycles. The summed E-state index contributed by atoms with van der Waals surface area (Å²) in [7, 11) is -7.74. The maximum atomic E-state index is 13.3. The highest BCUT2D eigenvalue weighted by Gasteiger charge is 2.48. The molecule has 1 aromatic carbocycles. The summed E-state index contributed by atoms with van der Waals surface area (Å²) in [6.07, 6.45) is 0.763. The van der Waals surface area contributed by atoms with Crippen LogP contribution in [0.4, 0.5) is 30.4 Å². The lowest BCUT2D eigenvalue weighted by atomic mass is 10.1. The minimum absolute atomic E-state index is 0.0764. The van der Waals surface area contributed by atoms with Gasteiger partial charge >= 0.3 is 12.8 Å². The van der Waals surface area contributed by atoms with Crippen molar-refractivity contribution in [1.82, 2.24) is 0 Å². The first-order chi connectivity index (χ1) is 10.3. The highest BCUT2D eigenvalue weighted by Crippen LogP contribution is 2.53. The van der Waals surface area contributed by atoms with Crippen LogP contribution in [0.1, 0.15) is 37.1 Å². The number of halogens is 7. The van der Waals surface area contributed by atoms with Crippen LogP contribution in [0.3, 0.4) is 0 Å². The molecule has 130 valence electrons. The zero-order valence-electron chi connectivity index (χ0n) is 12.7. The average molecular weight is 360 g/mol. The van der Waals surface area contributed by atoms with Crippen LogP contribution in [0.5, 0.6) is 0 Å². The molecule has 2 aromatic rings. The minimum atomic E-state index is -6.00. The van der Waals surface area contributed by atoms with E-state index < -0.39 is 23.2 Å². The van der Waals surface area contributed by atoms with Crippen molar-refractivity contribution in [3.8, 4) is 0 Å². The molecular formula is C14H16BF7S. The number of hydrogen-bond donors (Lipinski definition) is 0. The third kappa shape index (κ3) is 5.71. The molecule has 0 nitrogen and oxygen atoms in total. The average Bonchev–Trinajstić information content (AvgIpc) is 2.74. The Labute approximate surface area is 132 Å². The number of benzene rings is 1. The Bertz CT molecular complexity index is 649. The smallest absolute Gasteiger partial charge is 0.418 e. The van der Waals surface area contributed by atoms with Crippen molar-refractivity contribution < 1.29 is 30.4 Å². The van der Waals surface area contributed by atoms with E-state index in [-0.39, 0.29) is 5.92 Å². The van der Waals surface area contributed by atoms with Crippen LogP contribution in [0.15, 0.2) is 24.3 Å². The van der Waals surface area contributed by atoms with Crippen LogP contribution in [0.25, 0.3) is 10.1 Å². The van der Waals surface area contributed by atoms with Gasteiger partial charge in [-0.2, -0.15) is 0 Å². The van der Waals surface area contributed by atoms with Gasteiger partial charge in [-0.25, -0.2) is 0 Å². The standard InChI is InChI=1S/C14H16F3S.BF4/c1-4-10-5-6-11-8-12(9(2)3)18(13(11)7-10)14(15,16)17;2-1(3,4)5/h5-9H,4H2,1-3H3;/q+1;-1. The van der Waals surface area contributed by atoms with Crippen molar-refractivity contribution in [2.75, 3.05) is 0 Å². The molecule has 9 heteroatoms. The lowest BCUT2D eigenvalue weighted by molar-refractivity contribution is -0.0868. The second-order valence-corrected chi connectivity index (χ2v) is 7.16. The number of aryl methyl sites for hydroxylation is 1. The fraction of sp³-hybridized carbons (Fsp3) is 0.429. The fourth-order valence-corrected chi connectivity index (χ4v) is 4.21. The molecule has 0 aliphatic carbocycles. The molecule has 2 rings (SSSR count). The molecule has 0 spiro atoms. The van der Waals surface area contributed by atoms with E-state index in [1.807, 2.05) is 32.9 Å². The Kier molecular flexibility index (Phi) is 6.12. The van der Waals surface area contributed by atoms with Gasteiger partial charge in [0.2, 0.25) is 0 Å². The molecule has 0 saturated heterocycles. The Balaban J connectivity index is 0.000000463. The zero-order chi connectivity index (χ0) is 18.0. The van der Waals surface area contributed by atoms with Gasteiger partial charge in [0.25, 0.3) is 0 Å². The van der Waals surface area contributed by atoms with Crippen LogP contribution >= 0.6 is 10.5 Å². The molecule has 0 fully saturated rings. The second-order valence-electron chi connectivity index (χ2n) is 5.17. The summed E-state index contributed by atoms with van der Waals surface area (Å²) in [5.74, 6) is -0.0764. The summed E-state index contributed by atoms with van der Waals surface area (Å²) in [5, 5.41) is 0.733. The predicted molar refractivity (Wildman–Crippen MR) is 81.4 cm³/mol. The van der Waals surface area contributed by atoms with Gasteiger partial charge in [-0.15, -0.1) is 13.2 Å². The van der Waals surface area contributed by atoms with Gasteiger partial charge in [0.15, 0.2) is 9.58 Å². The maximum Gasteiger partial charge on any atom is 0.673 e. The summed E-state index contributed by atoms with van der Waals surface area (Å²) in [5.41, 5.74) is -3.21. The third-order valence-corrected chi connectivity index (χ3v) is 5.36. The van der Waals surface area contributed by atoms with E-state index in [0.29, 0.717) is 9.58 Å². The molecule has 1 unspecified atom stereocenters. The normalized spacial score (nSPS) is 13.3. The van der Waals surface area contributed by atoms with Crippen LogP contribution in [-0.4, -0.2) is 7.25 Å². The van der Waals surface area contributed by atoms with Crippen molar-refractivity contribution in [3.63, 3.8) is 0 Å². The van der Waals surface area contributed by atoms with Gasteiger partial charge < -0.3 is 17.3 Å². The minimum Gasteiger partial charge on any atom is -0.418 e. The number of rotatable bonds is 2. The topological polar surface area (TPSA) is 0 Å². The maximum absolute atomic E-state index is 13.3. The number of thiophene rings is 1. The first-order valence-electron chi connectivity index (χ1n) is 6.87. The molecule has 0 aliphatic rings. The molecule has 1 atom stereocenters. The quantitative estimate of drug-likeness (QED) is 0.306. The van der Waals surface area contributed by atoms with Gasteiger partial charge in [0, 0.05) is 23.4 Å². The lowest BCUT2D eigenvalue weighted by Crippen LogP contribution is -2.02. The zero-order valence-corrected chi connectivity index (χ0v) is 13.5. The van der Waals surface area contributed by atoms with E-state index in [9.17, 15) is 30.4 Å². The monoisotopic (exact) mass is 360 g/mol. The largest absolute Gasteiger partial charge is 0.673 e. The summed E-state index contributed by atoms with van der Waals surface area (Å²) in [6.45, 7) is 5.60. The van der Waals surface area contributed by atoms with Crippen LogP contribution in [0.2, 0.25) is 0 Å². The van der Waals surface area contributed by atoms with Crippen molar-refractivity contribution in [1.29, 1.82) is 0 Å². The van der Waals surface area contributed by atoms with E-state index >= 15 is 0 Å². The molecule has 1 heterocycles. The number of fused-ring (bicyclic) bond motifs is 1. The van der Waals surface area contributed by atoms with Crippen molar-refractivity contribution in [3.05, 3.63) is 34.7 Å². The number of hydrogen-bond acceptors (Lipinski definition) is 0. The van der Waals surface area contributed by atoms with E-state index in [0.717, 1.165) is 17.4 Å². The molecule has 0 bridgehead atoms. The first kappa shape index (κ1) is 19.8. The Morgan fingerprint density at radius 3 is 1.96 bits per heavy atom. The molecule has 1 aromatic heterocycles. The van der Waals surface area contributed by atoms with Crippen LogP contribution in [0, 0.1) is 0 Å². The summed E-state index contributed by atoms with van der Waals surface area (Å²) in [6, 6.07) is 7.17. The Morgan fingerprint density at radius 2 is 1.57 bits per heavy atom. The Hall–Kier alpha value is -1.25. The van der Waals surface area contributed by atoms with E-state index in [1.54, 1.807) is 12.1 Å². The molecular weight excluding hydrogens is 344 g/mol.